The van der Waals surface area contributed by atoms with E-state index in [4.69, 9.17) is 4.74 Å². The number of ether oxygens (including phenoxy) is 1. The van der Waals surface area contributed by atoms with Crippen LogP contribution in [0.2, 0.25) is 0 Å². The van der Waals surface area contributed by atoms with E-state index in [9.17, 15) is 0 Å². The molecule has 1 aliphatic carbocycles. The lowest BCUT2D eigenvalue weighted by molar-refractivity contribution is -0.0292. The molecule has 1 saturated heterocycles. The van der Waals surface area contributed by atoms with Crippen LogP contribution in [0.4, 0.5) is 0 Å². The van der Waals surface area contributed by atoms with Crippen LogP contribution in [0.15, 0.2) is 0 Å². The van der Waals surface area contributed by atoms with Crippen molar-refractivity contribution in [2.75, 3.05) is 32.8 Å². The number of morpholine rings is 1. The Morgan fingerprint density at radius 2 is 2.12 bits per heavy atom. The van der Waals surface area contributed by atoms with Crippen molar-refractivity contribution in [2.45, 2.75) is 51.2 Å². The highest BCUT2D eigenvalue weighted by atomic mass is 16.5. The van der Waals surface area contributed by atoms with Crippen molar-refractivity contribution in [3.63, 3.8) is 0 Å². The third-order valence-electron chi connectivity index (χ3n) is 3.89. The van der Waals surface area contributed by atoms with Gasteiger partial charge in [0.25, 0.3) is 0 Å². The molecule has 0 aromatic carbocycles. The lowest BCUT2D eigenvalue weighted by atomic mass is 10.2. The Bertz CT molecular complexity index is 192. The van der Waals surface area contributed by atoms with Gasteiger partial charge in [-0.25, -0.2) is 0 Å². The van der Waals surface area contributed by atoms with Gasteiger partial charge in [0.2, 0.25) is 0 Å². The number of hydrogen-bond donors (Lipinski definition) is 1. The van der Waals surface area contributed by atoms with Crippen LogP contribution in [-0.4, -0.2) is 49.8 Å². The monoisotopic (exact) mass is 226 g/mol. The van der Waals surface area contributed by atoms with Crippen molar-refractivity contribution >= 4 is 0 Å². The van der Waals surface area contributed by atoms with Crippen LogP contribution >= 0.6 is 0 Å². The van der Waals surface area contributed by atoms with Crippen molar-refractivity contribution in [3.05, 3.63) is 0 Å². The third-order valence-corrected chi connectivity index (χ3v) is 3.89. The third kappa shape index (κ3) is 3.72. The molecule has 1 aliphatic heterocycles. The molecule has 3 heteroatoms. The summed E-state index contributed by atoms with van der Waals surface area (Å²) in [6, 6.07) is 0.808. The molecule has 2 aliphatic rings. The van der Waals surface area contributed by atoms with E-state index in [0.29, 0.717) is 6.10 Å². The lowest BCUT2D eigenvalue weighted by Gasteiger charge is -2.32. The first-order valence-corrected chi connectivity index (χ1v) is 6.96. The number of hydrogen-bond acceptors (Lipinski definition) is 3. The van der Waals surface area contributed by atoms with Gasteiger partial charge in [-0.3, -0.25) is 4.90 Å². The fourth-order valence-electron chi connectivity index (χ4n) is 2.79. The SMILES string of the molecule is CCC1CN(CCNC2CCCC2)CCO1. The number of nitrogens with zero attached hydrogens (tertiary/aromatic N) is 1. The van der Waals surface area contributed by atoms with Crippen LogP contribution in [0.1, 0.15) is 39.0 Å². The molecular formula is C13H26N2O. The van der Waals surface area contributed by atoms with E-state index in [1.165, 1.54) is 32.2 Å². The Kier molecular flexibility index (Phi) is 5.07. The normalized spacial score (nSPS) is 28.7. The van der Waals surface area contributed by atoms with E-state index < -0.39 is 0 Å². The summed E-state index contributed by atoms with van der Waals surface area (Å²) in [4.78, 5) is 2.54. The van der Waals surface area contributed by atoms with E-state index in [1.807, 2.05) is 0 Å². The maximum absolute atomic E-state index is 5.68. The van der Waals surface area contributed by atoms with E-state index in [2.05, 4.69) is 17.1 Å². The van der Waals surface area contributed by atoms with E-state index in [0.717, 1.165) is 38.7 Å². The van der Waals surface area contributed by atoms with Gasteiger partial charge in [0.1, 0.15) is 0 Å². The summed E-state index contributed by atoms with van der Waals surface area (Å²) in [6.45, 7) is 7.72. The smallest absolute Gasteiger partial charge is 0.0700 e. The lowest BCUT2D eigenvalue weighted by Crippen LogP contribution is -2.45. The maximum atomic E-state index is 5.68. The summed E-state index contributed by atoms with van der Waals surface area (Å²) in [5.41, 5.74) is 0. The quantitative estimate of drug-likeness (QED) is 0.771. The van der Waals surface area contributed by atoms with E-state index >= 15 is 0 Å². The van der Waals surface area contributed by atoms with Gasteiger partial charge in [-0.1, -0.05) is 19.8 Å². The summed E-state index contributed by atoms with van der Waals surface area (Å²) in [6.07, 6.45) is 7.24. The molecule has 94 valence electrons. The molecule has 1 N–H and O–H groups in total. The van der Waals surface area contributed by atoms with Crippen LogP contribution in [0.5, 0.6) is 0 Å². The Hall–Kier alpha value is -0.120. The average molecular weight is 226 g/mol. The standard InChI is InChI=1S/C13H26N2O/c1-2-13-11-15(9-10-16-13)8-7-14-12-5-3-4-6-12/h12-14H,2-11H2,1H3. The minimum Gasteiger partial charge on any atom is -0.376 e. The van der Waals surface area contributed by atoms with Gasteiger partial charge in [-0.2, -0.15) is 0 Å². The van der Waals surface area contributed by atoms with Crippen molar-refractivity contribution in [2.24, 2.45) is 0 Å². The second kappa shape index (κ2) is 6.58. The van der Waals surface area contributed by atoms with E-state index in [-0.39, 0.29) is 0 Å². The summed E-state index contributed by atoms with van der Waals surface area (Å²) < 4.78 is 5.68. The predicted molar refractivity (Wildman–Crippen MR) is 66.7 cm³/mol. The number of nitrogens with one attached hydrogen (secondary N) is 1. The minimum atomic E-state index is 0.472. The highest BCUT2D eigenvalue weighted by molar-refractivity contribution is 4.75. The second-order valence-corrected chi connectivity index (χ2v) is 5.14. The van der Waals surface area contributed by atoms with Gasteiger partial charge >= 0.3 is 0 Å². The van der Waals surface area contributed by atoms with Crippen LogP contribution < -0.4 is 5.32 Å². The molecule has 1 saturated carbocycles. The molecule has 0 amide bonds. The Morgan fingerprint density at radius 3 is 2.88 bits per heavy atom. The first-order chi connectivity index (χ1) is 7.88. The molecule has 16 heavy (non-hydrogen) atoms. The summed E-state index contributed by atoms with van der Waals surface area (Å²) in [7, 11) is 0. The predicted octanol–water partition coefficient (Wildman–Crippen LogP) is 1.63. The van der Waals surface area contributed by atoms with Crippen molar-refractivity contribution in [1.29, 1.82) is 0 Å². The molecule has 0 aromatic rings. The van der Waals surface area contributed by atoms with E-state index in [1.54, 1.807) is 0 Å². The Morgan fingerprint density at radius 1 is 1.31 bits per heavy atom. The highest BCUT2D eigenvalue weighted by Gasteiger charge is 2.19. The van der Waals surface area contributed by atoms with Gasteiger partial charge in [0.15, 0.2) is 0 Å². The van der Waals surface area contributed by atoms with Crippen molar-refractivity contribution in [1.82, 2.24) is 10.2 Å². The molecule has 0 aromatic heterocycles. The fourth-order valence-corrected chi connectivity index (χ4v) is 2.79. The molecule has 2 rings (SSSR count). The van der Waals surface area contributed by atoms with Crippen LogP contribution in [0.3, 0.4) is 0 Å². The number of rotatable bonds is 5. The molecule has 0 spiro atoms. The van der Waals surface area contributed by atoms with Gasteiger partial charge in [-0.05, 0) is 19.3 Å². The topological polar surface area (TPSA) is 24.5 Å². The van der Waals surface area contributed by atoms with Crippen molar-refractivity contribution in [3.8, 4) is 0 Å². The molecule has 0 radical (unpaired) electrons. The zero-order chi connectivity index (χ0) is 11.2. The van der Waals surface area contributed by atoms with Crippen molar-refractivity contribution < 1.29 is 4.74 Å². The van der Waals surface area contributed by atoms with Crippen LogP contribution in [0, 0.1) is 0 Å². The molecule has 2 fully saturated rings. The first kappa shape index (κ1) is 12.3. The Balaban J connectivity index is 1.58. The first-order valence-electron chi connectivity index (χ1n) is 6.96. The largest absolute Gasteiger partial charge is 0.376 e. The zero-order valence-corrected chi connectivity index (χ0v) is 10.6. The maximum Gasteiger partial charge on any atom is 0.0700 e. The average Bonchev–Trinajstić information content (AvgIpc) is 2.82. The molecule has 0 bridgehead atoms. The summed E-state index contributed by atoms with van der Waals surface area (Å²) in [5, 5.41) is 3.68. The van der Waals surface area contributed by atoms with Crippen LogP contribution in [-0.2, 0) is 4.74 Å². The van der Waals surface area contributed by atoms with Crippen LogP contribution in [0.25, 0.3) is 0 Å². The summed E-state index contributed by atoms with van der Waals surface area (Å²) >= 11 is 0. The molecule has 1 atom stereocenters. The Labute approximate surface area is 99.5 Å². The second-order valence-electron chi connectivity index (χ2n) is 5.14. The molecule has 3 nitrogen and oxygen atoms in total. The van der Waals surface area contributed by atoms with Gasteiger partial charge in [-0.15, -0.1) is 0 Å². The van der Waals surface area contributed by atoms with Gasteiger partial charge in [0, 0.05) is 32.2 Å². The minimum absolute atomic E-state index is 0.472. The fraction of sp³-hybridized carbons (Fsp3) is 1.00. The highest BCUT2D eigenvalue weighted by Crippen LogP contribution is 2.17. The molecule has 1 heterocycles. The van der Waals surface area contributed by atoms with Gasteiger partial charge < -0.3 is 10.1 Å². The zero-order valence-electron chi connectivity index (χ0n) is 10.6. The van der Waals surface area contributed by atoms with Gasteiger partial charge in [0.05, 0.1) is 12.7 Å². The molecule has 1 unspecified atom stereocenters. The summed E-state index contributed by atoms with van der Waals surface area (Å²) in [5.74, 6) is 0. The molecular weight excluding hydrogens is 200 g/mol.